The second kappa shape index (κ2) is 7.99. The molecular weight excluding hydrogens is 316 g/mol. The molecule has 6 heteroatoms. The summed E-state index contributed by atoms with van der Waals surface area (Å²) in [6.07, 6.45) is 2.25. The second-order valence-corrected chi connectivity index (χ2v) is 6.24. The number of nitrogens with zero attached hydrogens (tertiary/aromatic N) is 1. The van der Waals surface area contributed by atoms with Crippen molar-refractivity contribution in [3.63, 3.8) is 0 Å². The summed E-state index contributed by atoms with van der Waals surface area (Å²) in [5.74, 6) is 1.85. The second-order valence-electron chi connectivity index (χ2n) is 6.24. The number of carbonyl (C=O) groups excluding carboxylic acids is 1. The lowest BCUT2D eigenvalue weighted by molar-refractivity contribution is 0.0779. The molecule has 0 aromatic heterocycles. The zero-order valence-corrected chi connectivity index (χ0v) is 14.3. The van der Waals surface area contributed by atoms with E-state index in [-0.39, 0.29) is 24.4 Å². The Labute approximate surface area is 143 Å². The van der Waals surface area contributed by atoms with Crippen LogP contribution in [0.3, 0.4) is 0 Å². The molecule has 1 heterocycles. The Kier molecular flexibility index (Phi) is 6.27. The first-order chi connectivity index (χ1) is 10.7. The van der Waals surface area contributed by atoms with Crippen LogP contribution in [0.2, 0.25) is 0 Å². The predicted molar refractivity (Wildman–Crippen MR) is 91.2 cm³/mol. The van der Waals surface area contributed by atoms with Crippen LogP contribution in [0, 0.1) is 11.8 Å². The van der Waals surface area contributed by atoms with Crippen molar-refractivity contribution in [2.24, 2.45) is 17.6 Å². The third-order valence-electron chi connectivity index (χ3n) is 4.84. The van der Waals surface area contributed by atoms with Gasteiger partial charge in [-0.3, -0.25) is 4.79 Å². The zero-order chi connectivity index (χ0) is 15.5. The molecule has 0 spiro atoms. The lowest BCUT2D eigenvalue weighted by Crippen LogP contribution is -2.33. The number of benzene rings is 1. The monoisotopic (exact) mass is 340 g/mol. The van der Waals surface area contributed by atoms with Crippen LogP contribution >= 0.6 is 12.4 Å². The summed E-state index contributed by atoms with van der Waals surface area (Å²) in [7, 11) is 1.64. The fourth-order valence-electron chi connectivity index (χ4n) is 3.62. The number of fused-ring (bicyclic) bond motifs is 1. The number of ether oxygens (including phenoxy) is 2. The average molecular weight is 341 g/mol. The van der Waals surface area contributed by atoms with Gasteiger partial charge in [0.15, 0.2) is 0 Å². The molecule has 5 nitrogen and oxygen atoms in total. The fraction of sp³-hybridized carbons (Fsp3) is 0.588. The minimum absolute atomic E-state index is 0. The van der Waals surface area contributed by atoms with Gasteiger partial charge in [-0.25, -0.2) is 0 Å². The molecule has 1 amide bonds. The van der Waals surface area contributed by atoms with Gasteiger partial charge in [-0.15, -0.1) is 12.4 Å². The highest BCUT2D eigenvalue weighted by atomic mass is 35.5. The summed E-state index contributed by atoms with van der Waals surface area (Å²) < 4.78 is 10.5. The Bertz CT molecular complexity index is 540. The van der Waals surface area contributed by atoms with Crippen molar-refractivity contribution in [2.75, 3.05) is 33.4 Å². The molecule has 23 heavy (non-hydrogen) atoms. The fourth-order valence-corrected chi connectivity index (χ4v) is 3.62. The number of halogens is 1. The molecule has 1 aliphatic heterocycles. The molecule has 1 saturated carbocycles. The van der Waals surface area contributed by atoms with E-state index >= 15 is 0 Å². The van der Waals surface area contributed by atoms with Gasteiger partial charge >= 0.3 is 0 Å². The van der Waals surface area contributed by atoms with Crippen molar-refractivity contribution < 1.29 is 14.3 Å². The summed E-state index contributed by atoms with van der Waals surface area (Å²) in [5.41, 5.74) is 6.83. The highest BCUT2D eigenvalue weighted by molar-refractivity contribution is 5.94. The summed E-state index contributed by atoms with van der Waals surface area (Å²) in [4.78, 5) is 14.6. The van der Waals surface area contributed by atoms with E-state index in [9.17, 15) is 4.79 Å². The first kappa shape index (κ1) is 18.0. The molecule has 0 bridgehead atoms. The van der Waals surface area contributed by atoms with Crippen molar-refractivity contribution in [1.29, 1.82) is 0 Å². The molecule has 1 aliphatic carbocycles. The molecule has 2 fully saturated rings. The third kappa shape index (κ3) is 3.97. The number of nitrogens with two attached hydrogens (primary N) is 1. The summed E-state index contributed by atoms with van der Waals surface area (Å²) >= 11 is 0. The van der Waals surface area contributed by atoms with Crippen molar-refractivity contribution in [3.8, 4) is 5.75 Å². The third-order valence-corrected chi connectivity index (χ3v) is 4.84. The average Bonchev–Trinajstić information content (AvgIpc) is 3.10. The van der Waals surface area contributed by atoms with Gasteiger partial charge in [0.2, 0.25) is 0 Å². The molecule has 3 atom stereocenters. The maximum atomic E-state index is 12.7. The minimum atomic E-state index is 0. The van der Waals surface area contributed by atoms with Crippen LogP contribution in [0.25, 0.3) is 0 Å². The van der Waals surface area contributed by atoms with Crippen molar-refractivity contribution in [2.45, 2.75) is 18.9 Å². The predicted octanol–water partition coefficient (Wildman–Crippen LogP) is 1.94. The quantitative estimate of drug-likeness (QED) is 0.832. The van der Waals surface area contributed by atoms with Crippen LogP contribution in [-0.4, -0.2) is 50.3 Å². The van der Waals surface area contributed by atoms with E-state index in [1.807, 2.05) is 29.2 Å². The van der Waals surface area contributed by atoms with Crippen molar-refractivity contribution in [3.05, 3.63) is 29.8 Å². The van der Waals surface area contributed by atoms with E-state index in [4.69, 9.17) is 15.2 Å². The van der Waals surface area contributed by atoms with Crippen LogP contribution in [0.1, 0.15) is 23.2 Å². The molecule has 1 aromatic carbocycles. The number of carbonyl (C=O) groups is 1. The molecule has 2 aliphatic rings. The lowest BCUT2D eigenvalue weighted by atomic mass is 9.98. The van der Waals surface area contributed by atoms with Crippen LogP contribution < -0.4 is 10.5 Å². The normalized spacial score (nSPS) is 25.8. The smallest absolute Gasteiger partial charge is 0.254 e. The van der Waals surface area contributed by atoms with E-state index in [2.05, 4.69) is 0 Å². The Morgan fingerprint density at radius 2 is 2.13 bits per heavy atom. The molecular formula is C17H25ClN2O3. The minimum Gasteiger partial charge on any atom is -0.491 e. The van der Waals surface area contributed by atoms with Crippen LogP contribution in [0.5, 0.6) is 5.75 Å². The van der Waals surface area contributed by atoms with E-state index < -0.39 is 0 Å². The van der Waals surface area contributed by atoms with Crippen LogP contribution in [-0.2, 0) is 4.74 Å². The van der Waals surface area contributed by atoms with Crippen LogP contribution in [0.15, 0.2) is 24.3 Å². The maximum absolute atomic E-state index is 12.7. The topological polar surface area (TPSA) is 64.8 Å². The molecule has 1 saturated heterocycles. The molecule has 3 unspecified atom stereocenters. The number of hydrogen-bond acceptors (Lipinski definition) is 4. The van der Waals surface area contributed by atoms with Crippen LogP contribution in [0.4, 0.5) is 0 Å². The van der Waals surface area contributed by atoms with E-state index in [1.54, 1.807) is 7.11 Å². The standard InChI is InChI=1S/C17H24N2O3.ClH/c1-21-7-8-22-14-4-2-3-12(9-14)17(20)19-10-13-5-6-16(18)15(13)11-19;/h2-4,9,13,15-16H,5-8,10-11,18H2,1H3;1H. The maximum Gasteiger partial charge on any atom is 0.254 e. The molecule has 0 radical (unpaired) electrons. The van der Waals surface area contributed by atoms with Gasteiger partial charge in [0, 0.05) is 31.8 Å². The lowest BCUT2D eigenvalue weighted by Gasteiger charge is -2.19. The Balaban J connectivity index is 0.00000192. The van der Waals surface area contributed by atoms with E-state index in [0.717, 1.165) is 25.9 Å². The summed E-state index contributed by atoms with van der Waals surface area (Å²) in [6.45, 7) is 2.65. The van der Waals surface area contributed by atoms with Gasteiger partial charge in [0.25, 0.3) is 5.91 Å². The van der Waals surface area contributed by atoms with Gasteiger partial charge in [0.05, 0.1) is 6.61 Å². The summed E-state index contributed by atoms with van der Waals surface area (Å²) in [6, 6.07) is 7.64. The molecule has 1 aromatic rings. The van der Waals surface area contributed by atoms with Gasteiger partial charge in [-0.2, -0.15) is 0 Å². The van der Waals surface area contributed by atoms with Crippen molar-refractivity contribution >= 4 is 18.3 Å². The van der Waals surface area contributed by atoms with Gasteiger partial charge in [-0.05, 0) is 42.9 Å². The van der Waals surface area contributed by atoms with Gasteiger partial charge < -0.3 is 20.1 Å². The SMILES string of the molecule is COCCOc1cccc(C(=O)N2CC3CCC(N)C3C2)c1.Cl. The van der Waals surface area contributed by atoms with Crippen molar-refractivity contribution in [1.82, 2.24) is 4.90 Å². The Hall–Kier alpha value is -1.30. The molecule has 3 rings (SSSR count). The Morgan fingerprint density at radius 3 is 2.87 bits per heavy atom. The number of methoxy groups -OCH3 is 1. The number of rotatable bonds is 5. The first-order valence-corrected chi connectivity index (χ1v) is 7.95. The van der Waals surface area contributed by atoms with E-state index in [1.165, 1.54) is 0 Å². The largest absolute Gasteiger partial charge is 0.491 e. The van der Waals surface area contributed by atoms with Gasteiger partial charge in [0.1, 0.15) is 12.4 Å². The first-order valence-electron chi connectivity index (χ1n) is 7.95. The number of likely N-dealkylation sites (tertiary alicyclic amines) is 1. The highest BCUT2D eigenvalue weighted by Crippen LogP contribution is 2.37. The Morgan fingerprint density at radius 1 is 1.30 bits per heavy atom. The van der Waals surface area contributed by atoms with E-state index in [0.29, 0.717) is 36.4 Å². The van der Waals surface area contributed by atoms with Gasteiger partial charge in [-0.1, -0.05) is 6.07 Å². The molecule has 128 valence electrons. The summed E-state index contributed by atoms with van der Waals surface area (Å²) in [5, 5.41) is 0. The number of hydrogen-bond donors (Lipinski definition) is 1. The number of amides is 1. The highest BCUT2D eigenvalue weighted by Gasteiger charge is 2.42. The molecule has 2 N–H and O–H groups in total. The zero-order valence-electron chi connectivity index (χ0n) is 13.4.